The Bertz CT molecular complexity index is 1270. The first-order valence-electron chi connectivity index (χ1n) is 11.4. The van der Waals surface area contributed by atoms with Crippen LogP contribution >= 0.6 is 0 Å². The molecule has 3 aromatic rings. The van der Waals surface area contributed by atoms with Gasteiger partial charge in [-0.25, -0.2) is 9.97 Å². The number of phenolic OH excluding ortho intramolecular Hbond substituents is 1. The van der Waals surface area contributed by atoms with Gasteiger partial charge in [0.15, 0.2) is 0 Å². The van der Waals surface area contributed by atoms with E-state index < -0.39 is 17.8 Å². The minimum Gasteiger partial charge on any atom is -0.508 e. The maximum Gasteiger partial charge on any atom is 0.416 e. The lowest BCUT2D eigenvalue weighted by atomic mass is 9.88. The lowest BCUT2D eigenvalue weighted by Crippen LogP contribution is -2.36. The first-order valence-corrected chi connectivity index (χ1v) is 11.4. The summed E-state index contributed by atoms with van der Waals surface area (Å²) < 4.78 is 39.9. The number of amides is 1. The Kier molecular flexibility index (Phi) is 6.48. The Hall–Kier alpha value is -3.56. The summed E-state index contributed by atoms with van der Waals surface area (Å²) in [7, 11) is 0. The van der Waals surface area contributed by atoms with E-state index in [1.165, 1.54) is 6.07 Å². The highest BCUT2D eigenvalue weighted by Crippen LogP contribution is 2.38. The molecule has 7 nitrogen and oxygen atoms in total. The minimum absolute atomic E-state index is 0.0244. The number of halogens is 3. The molecule has 35 heavy (non-hydrogen) atoms. The van der Waals surface area contributed by atoms with Crippen LogP contribution in [0.2, 0.25) is 0 Å². The Morgan fingerprint density at radius 3 is 2.49 bits per heavy atom. The van der Waals surface area contributed by atoms with Crippen molar-refractivity contribution < 1.29 is 23.1 Å². The summed E-state index contributed by atoms with van der Waals surface area (Å²) in [6.45, 7) is 6.21. The van der Waals surface area contributed by atoms with Crippen LogP contribution in [0.5, 0.6) is 5.75 Å². The van der Waals surface area contributed by atoms with E-state index in [0.29, 0.717) is 54.0 Å². The molecule has 1 atom stereocenters. The summed E-state index contributed by atoms with van der Waals surface area (Å²) in [5.41, 5.74) is 6.60. The summed E-state index contributed by atoms with van der Waals surface area (Å²) >= 11 is 0. The van der Waals surface area contributed by atoms with Gasteiger partial charge in [0.05, 0.1) is 17.1 Å². The number of nitrogens with two attached hydrogens (primary N) is 1. The minimum atomic E-state index is -4.51. The summed E-state index contributed by atoms with van der Waals surface area (Å²) in [4.78, 5) is 22.4. The van der Waals surface area contributed by atoms with Gasteiger partial charge in [-0.1, -0.05) is 0 Å². The van der Waals surface area contributed by atoms with Crippen molar-refractivity contribution in [2.75, 3.05) is 24.1 Å². The molecule has 1 aliphatic rings. The predicted molar refractivity (Wildman–Crippen MR) is 128 cm³/mol. The molecule has 1 unspecified atom stereocenters. The molecule has 2 heterocycles. The van der Waals surface area contributed by atoms with Crippen LogP contribution < -0.4 is 11.1 Å². The number of alkyl halides is 3. The molecule has 0 aliphatic carbocycles. The van der Waals surface area contributed by atoms with Gasteiger partial charge in [-0.3, -0.25) is 4.79 Å². The number of rotatable bonds is 4. The van der Waals surface area contributed by atoms with Crippen molar-refractivity contribution in [3.05, 3.63) is 52.8 Å². The fraction of sp³-hybridized carbons (Fsp3) is 0.400. The van der Waals surface area contributed by atoms with Crippen LogP contribution in [0.25, 0.3) is 10.9 Å². The molecule has 10 heteroatoms. The topological polar surface area (TPSA) is 104 Å². The zero-order valence-corrected chi connectivity index (χ0v) is 19.8. The molecule has 0 bridgehead atoms. The number of benzene rings is 2. The summed E-state index contributed by atoms with van der Waals surface area (Å²) in [6, 6.07) is 6.39. The fourth-order valence-corrected chi connectivity index (χ4v) is 4.62. The van der Waals surface area contributed by atoms with E-state index >= 15 is 0 Å². The first kappa shape index (κ1) is 24.6. The number of nitrogen functional groups attached to an aromatic ring is 1. The van der Waals surface area contributed by atoms with Crippen LogP contribution in [0.4, 0.5) is 24.7 Å². The Balaban J connectivity index is 1.68. The first-order chi connectivity index (χ1) is 16.4. The Labute approximate surface area is 201 Å². The Morgan fingerprint density at radius 1 is 1.17 bits per heavy atom. The van der Waals surface area contributed by atoms with E-state index in [-0.39, 0.29) is 23.3 Å². The zero-order chi connectivity index (χ0) is 25.5. The van der Waals surface area contributed by atoms with Gasteiger partial charge in [-0.05, 0) is 68.0 Å². The highest BCUT2D eigenvalue weighted by molar-refractivity contribution is 5.91. The van der Waals surface area contributed by atoms with E-state index in [4.69, 9.17) is 5.73 Å². The molecule has 1 saturated heterocycles. The van der Waals surface area contributed by atoms with Crippen molar-refractivity contribution in [3.63, 3.8) is 0 Å². The van der Waals surface area contributed by atoms with E-state index in [2.05, 4.69) is 15.3 Å². The predicted octanol–water partition coefficient (Wildman–Crippen LogP) is 5.14. The van der Waals surface area contributed by atoms with Gasteiger partial charge >= 0.3 is 6.18 Å². The molecular weight excluding hydrogens is 459 g/mol. The number of nitrogens with one attached hydrogen (secondary N) is 1. The quantitative estimate of drug-likeness (QED) is 0.440. The number of fused-ring (bicyclic) bond motifs is 1. The lowest BCUT2D eigenvalue weighted by Gasteiger charge is -2.32. The smallest absolute Gasteiger partial charge is 0.416 e. The van der Waals surface area contributed by atoms with Crippen LogP contribution in [0.15, 0.2) is 30.3 Å². The molecule has 1 amide bonds. The number of carbonyl (C=O) groups excluding carboxylic acids is 1. The van der Waals surface area contributed by atoms with E-state index in [9.17, 15) is 23.1 Å². The Morgan fingerprint density at radius 2 is 1.86 bits per heavy atom. The molecule has 0 radical (unpaired) electrons. The average molecular weight is 488 g/mol. The van der Waals surface area contributed by atoms with Crippen molar-refractivity contribution in [1.29, 1.82) is 0 Å². The monoisotopic (exact) mass is 487 g/mol. The van der Waals surface area contributed by atoms with Crippen molar-refractivity contribution in [1.82, 2.24) is 14.9 Å². The van der Waals surface area contributed by atoms with Crippen LogP contribution in [0.3, 0.4) is 0 Å². The molecule has 4 rings (SSSR count). The number of likely N-dealkylation sites (tertiary alicyclic amines) is 1. The lowest BCUT2D eigenvalue weighted by molar-refractivity contribution is -0.137. The highest BCUT2D eigenvalue weighted by atomic mass is 19.4. The second-order valence-electron chi connectivity index (χ2n) is 9.08. The molecule has 4 N–H and O–H groups in total. The van der Waals surface area contributed by atoms with Gasteiger partial charge in [-0.15, -0.1) is 0 Å². The number of aromatic nitrogens is 2. The number of aromatic hydroxyl groups is 1. The highest BCUT2D eigenvalue weighted by Gasteiger charge is 2.31. The van der Waals surface area contributed by atoms with Crippen molar-refractivity contribution >= 4 is 28.3 Å². The molecule has 2 aromatic carbocycles. The SMILES string of the molecule is CC(=O)N1CCC(c2cc3c(NC(C)c4cc(N)cc(C(F)(F)F)c4)nc(C)nc3cc2O)CC1. The number of anilines is 2. The normalized spacial score (nSPS) is 15.9. The maximum atomic E-state index is 13.3. The molecule has 1 aromatic heterocycles. The zero-order valence-electron chi connectivity index (χ0n) is 19.8. The molecule has 186 valence electrons. The van der Waals surface area contributed by atoms with Crippen LogP contribution in [0, 0.1) is 6.92 Å². The van der Waals surface area contributed by atoms with Gasteiger partial charge < -0.3 is 21.1 Å². The van der Waals surface area contributed by atoms with Crippen molar-refractivity contribution in [2.45, 2.75) is 51.7 Å². The third kappa shape index (κ3) is 5.26. The van der Waals surface area contributed by atoms with E-state index in [1.54, 1.807) is 31.7 Å². The number of nitrogens with zero attached hydrogens (tertiary/aromatic N) is 3. The molecule has 0 spiro atoms. The van der Waals surface area contributed by atoms with Gasteiger partial charge in [0.25, 0.3) is 0 Å². The van der Waals surface area contributed by atoms with Gasteiger partial charge in [0, 0.05) is 37.2 Å². The number of hydrogen-bond donors (Lipinski definition) is 3. The standard InChI is InChI=1S/C25H28F3N5O2/c1-13(17-8-18(25(26,27)28)10-19(29)9-17)30-24-21-11-20(16-4-6-33(7-5-16)15(3)34)23(35)12-22(21)31-14(2)32-24/h8-13,16,35H,4-7,29H2,1-3H3,(H,30,31,32). The van der Waals surface area contributed by atoms with E-state index in [0.717, 1.165) is 17.7 Å². The van der Waals surface area contributed by atoms with Gasteiger partial charge in [-0.2, -0.15) is 13.2 Å². The van der Waals surface area contributed by atoms with E-state index in [1.807, 2.05) is 6.07 Å². The number of aryl methyl sites for hydroxylation is 1. The van der Waals surface area contributed by atoms with Crippen LogP contribution in [0.1, 0.15) is 61.2 Å². The second kappa shape index (κ2) is 9.24. The van der Waals surface area contributed by atoms with Gasteiger partial charge in [0.2, 0.25) is 5.91 Å². The molecule has 1 fully saturated rings. The summed E-state index contributed by atoms with van der Waals surface area (Å²) in [5.74, 6) is 1.13. The van der Waals surface area contributed by atoms with Crippen molar-refractivity contribution in [3.8, 4) is 5.75 Å². The molecular formula is C25H28F3N5O2. The molecule has 1 aliphatic heterocycles. The fourth-order valence-electron chi connectivity index (χ4n) is 4.62. The third-order valence-corrected chi connectivity index (χ3v) is 6.49. The number of hydrogen-bond acceptors (Lipinski definition) is 6. The number of carbonyl (C=O) groups is 1. The molecule has 0 saturated carbocycles. The number of piperidine rings is 1. The average Bonchev–Trinajstić information content (AvgIpc) is 2.77. The number of phenols is 1. The summed E-state index contributed by atoms with van der Waals surface area (Å²) in [5, 5.41) is 14.6. The van der Waals surface area contributed by atoms with Crippen LogP contribution in [-0.2, 0) is 11.0 Å². The third-order valence-electron chi connectivity index (χ3n) is 6.49. The summed E-state index contributed by atoms with van der Waals surface area (Å²) in [6.07, 6.45) is -3.07. The second-order valence-corrected chi connectivity index (χ2v) is 9.08. The maximum absolute atomic E-state index is 13.3. The largest absolute Gasteiger partial charge is 0.508 e. The van der Waals surface area contributed by atoms with Crippen molar-refractivity contribution in [2.24, 2.45) is 0 Å². The van der Waals surface area contributed by atoms with Crippen LogP contribution in [-0.4, -0.2) is 39.0 Å². The van der Waals surface area contributed by atoms with Gasteiger partial charge in [0.1, 0.15) is 17.4 Å².